The number of aryl methyl sites for hydroxylation is 1. The van der Waals surface area contributed by atoms with E-state index in [1.165, 1.54) is 37.9 Å². The molecule has 138 valence electrons. The average Bonchev–Trinajstić information content (AvgIpc) is 3.37. The van der Waals surface area contributed by atoms with Crippen molar-refractivity contribution in [2.45, 2.75) is 58.0 Å². The van der Waals surface area contributed by atoms with Crippen LogP contribution in [0.4, 0.5) is 0 Å². The van der Waals surface area contributed by atoms with Gasteiger partial charge in [-0.15, -0.1) is 0 Å². The predicted molar refractivity (Wildman–Crippen MR) is 106 cm³/mol. The van der Waals surface area contributed by atoms with Gasteiger partial charge >= 0.3 is 0 Å². The molecular weight excluding hydrogens is 308 g/mol. The summed E-state index contributed by atoms with van der Waals surface area (Å²) in [4.78, 5) is 7.54. The molecule has 1 aromatic rings. The third-order valence-electron chi connectivity index (χ3n) is 5.32. The molecule has 1 aromatic carbocycles. The number of guanidine groups is 1. The van der Waals surface area contributed by atoms with Crippen LogP contribution in [0.3, 0.4) is 0 Å². The molecule has 3 rings (SSSR count). The second-order valence-electron chi connectivity index (χ2n) is 7.67. The van der Waals surface area contributed by atoms with Gasteiger partial charge in [-0.05, 0) is 64.0 Å². The summed E-state index contributed by atoms with van der Waals surface area (Å²) in [7, 11) is 0. The molecule has 1 heterocycles. The summed E-state index contributed by atoms with van der Waals surface area (Å²) in [6.45, 7) is 8.77. The van der Waals surface area contributed by atoms with E-state index in [4.69, 9.17) is 4.99 Å². The molecule has 0 aromatic heterocycles. The molecule has 0 radical (unpaired) electrons. The molecule has 2 N–H and O–H groups in total. The van der Waals surface area contributed by atoms with Crippen LogP contribution in [0, 0.1) is 5.92 Å². The van der Waals surface area contributed by atoms with E-state index in [9.17, 15) is 0 Å². The Hall–Kier alpha value is -1.55. The zero-order chi connectivity index (χ0) is 17.5. The van der Waals surface area contributed by atoms with E-state index in [1.54, 1.807) is 0 Å². The zero-order valence-electron chi connectivity index (χ0n) is 15.9. The van der Waals surface area contributed by atoms with Gasteiger partial charge in [0.1, 0.15) is 0 Å². The van der Waals surface area contributed by atoms with Crippen molar-refractivity contribution in [3.05, 3.63) is 35.9 Å². The molecule has 2 unspecified atom stereocenters. The van der Waals surface area contributed by atoms with Crippen LogP contribution in [0.25, 0.3) is 0 Å². The van der Waals surface area contributed by atoms with Crippen molar-refractivity contribution in [1.29, 1.82) is 0 Å². The molecule has 2 fully saturated rings. The van der Waals surface area contributed by atoms with Gasteiger partial charge in [0.05, 0.1) is 0 Å². The monoisotopic (exact) mass is 342 g/mol. The summed E-state index contributed by atoms with van der Waals surface area (Å²) in [5.74, 6) is 1.71. The highest BCUT2D eigenvalue weighted by atomic mass is 15.2. The summed E-state index contributed by atoms with van der Waals surface area (Å²) in [5, 5.41) is 6.99. The van der Waals surface area contributed by atoms with E-state index in [0.29, 0.717) is 6.04 Å². The Morgan fingerprint density at radius 2 is 2.04 bits per heavy atom. The largest absolute Gasteiger partial charge is 0.357 e. The third-order valence-corrected chi connectivity index (χ3v) is 5.32. The first-order valence-corrected chi connectivity index (χ1v) is 10.1. The number of nitrogens with zero attached hydrogens (tertiary/aromatic N) is 2. The number of nitrogens with one attached hydrogen (secondary N) is 2. The predicted octanol–water partition coefficient (Wildman–Crippen LogP) is 3.05. The van der Waals surface area contributed by atoms with Gasteiger partial charge in [0.25, 0.3) is 0 Å². The molecule has 1 aliphatic heterocycles. The van der Waals surface area contributed by atoms with Crippen molar-refractivity contribution in [3.8, 4) is 0 Å². The number of benzene rings is 1. The normalized spacial score (nSPS) is 22.8. The van der Waals surface area contributed by atoms with Crippen LogP contribution >= 0.6 is 0 Å². The lowest BCUT2D eigenvalue weighted by molar-refractivity contribution is 0.315. The van der Waals surface area contributed by atoms with E-state index >= 15 is 0 Å². The maximum absolute atomic E-state index is 4.87. The van der Waals surface area contributed by atoms with Crippen molar-refractivity contribution in [1.82, 2.24) is 15.5 Å². The molecular formula is C21H34N4. The van der Waals surface area contributed by atoms with E-state index in [2.05, 4.69) is 59.7 Å². The Bertz CT molecular complexity index is 538. The van der Waals surface area contributed by atoms with Gasteiger partial charge in [-0.1, -0.05) is 30.3 Å². The summed E-state index contributed by atoms with van der Waals surface area (Å²) in [6.07, 6.45) is 6.36. The van der Waals surface area contributed by atoms with Crippen LogP contribution in [-0.4, -0.2) is 49.1 Å². The molecule has 1 saturated heterocycles. The van der Waals surface area contributed by atoms with Crippen LogP contribution in [-0.2, 0) is 6.42 Å². The number of rotatable bonds is 8. The SMILES string of the molecule is CCNC(=NCC1CCN(C2CC2)C1)NC(C)CCc1ccccc1. The van der Waals surface area contributed by atoms with Crippen molar-refractivity contribution in [2.24, 2.45) is 10.9 Å². The van der Waals surface area contributed by atoms with Gasteiger partial charge in [0.15, 0.2) is 5.96 Å². The highest BCUT2D eigenvalue weighted by Gasteiger charge is 2.34. The smallest absolute Gasteiger partial charge is 0.191 e. The van der Waals surface area contributed by atoms with Crippen molar-refractivity contribution >= 4 is 5.96 Å². The Balaban J connectivity index is 1.43. The highest BCUT2D eigenvalue weighted by Crippen LogP contribution is 2.31. The van der Waals surface area contributed by atoms with Gasteiger partial charge < -0.3 is 15.5 Å². The molecule has 0 bridgehead atoms. The summed E-state index contributed by atoms with van der Waals surface area (Å²) >= 11 is 0. The molecule has 4 nitrogen and oxygen atoms in total. The third kappa shape index (κ3) is 6.03. The molecule has 1 aliphatic carbocycles. The Morgan fingerprint density at radius 1 is 1.24 bits per heavy atom. The lowest BCUT2D eigenvalue weighted by atomic mass is 10.1. The first kappa shape index (κ1) is 18.2. The van der Waals surface area contributed by atoms with Gasteiger partial charge in [0, 0.05) is 31.7 Å². The van der Waals surface area contributed by atoms with Crippen molar-refractivity contribution in [3.63, 3.8) is 0 Å². The lowest BCUT2D eigenvalue weighted by Crippen LogP contribution is -2.42. The molecule has 4 heteroatoms. The number of aliphatic imine (C=N–C) groups is 1. The second kappa shape index (κ2) is 9.23. The summed E-state index contributed by atoms with van der Waals surface area (Å²) in [6, 6.07) is 12.0. The molecule has 25 heavy (non-hydrogen) atoms. The first-order chi connectivity index (χ1) is 12.2. The molecule has 2 aliphatic rings. The quantitative estimate of drug-likeness (QED) is 0.563. The Morgan fingerprint density at radius 3 is 2.76 bits per heavy atom. The average molecular weight is 343 g/mol. The number of hydrogen-bond donors (Lipinski definition) is 2. The maximum Gasteiger partial charge on any atom is 0.191 e. The fraction of sp³-hybridized carbons (Fsp3) is 0.667. The lowest BCUT2D eigenvalue weighted by Gasteiger charge is -2.19. The van der Waals surface area contributed by atoms with Gasteiger partial charge in [-0.3, -0.25) is 4.99 Å². The maximum atomic E-state index is 4.87. The molecule has 0 spiro atoms. The van der Waals surface area contributed by atoms with Gasteiger partial charge in [0.2, 0.25) is 0 Å². The minimum atomic E-state index is 0.421. The van der Waals surface area contributed by atoms with E-state index in [0.717, 1.165) is 43.9 Å². The first-order valence-electron chi connectivity index (χ1n) is 10.1. The van der Waals surface area contributed by atoms with Gasteiger partial charge in [-0.25, -0.2) is 0 Å². The number of hydrogen-bond acceptors (Lipinski definition) is 2. The van der Waals surface area contributed by atoms with Crippen LogP contribution < -0.4 is 10.6 Å². The van der Waals surface area contributed by atoms with Crippen LogP contribution in [0.5, 0.6) is 0 Å². The van der Waals surface area contributed by atoms with Gasteiger partial charge in [-0.2, -0.15) is 0 Å². The van der Waals surface area contributed by atoms with Crippen LogP contribution in [0.15, 0.2) is 35.3 Å². The Kier molecular flexibility index (Phi) is 6.74. The Labute approximate surface area is 153 Å². The summed E-state index contributed by atoms with van der Waals surface area (Å²) in [5.41, 5.74) is 1.41. The van der Waals surface area contributed by atoms with Crippen LogP contribution in [0.2, 0.25) is 0 Å². The fourth-order valence-corrected chi connectivity index (χ4v) is 3.66. The number of likely N-dealkylation sites (tertiary alicyclic amines) is 1. The highest BCUT2D eigenvalue weighted by molar-refractivity contribution is 5.80. The standard InChI is InChI=1S/C21H34N4/c1-3-22-21(23-15-19-13-14-25(16-19)20-11-12-20)24-17(2)9-10-18-7-5-4-6-8-18/h4-8,17,19-20H,3,9-16H2,1-2H3,(H2,22,23,24). The van der Waals surface area contributed by atoms with E-state index < -0.39 is 0 Å². The fourth-order valence-electron chi connectivity index (χ4n) is 3.66. The van der Waals surface area contributed by atoms with Crippen molar-refractivity contribution in [2.75, 3.05) is 26.2 Å². The van der Waals surface area contributed by atoms with E-state index in [1.807, 2.05) is 0 Å². The minimum Gasteiger partial charge on any atom is -0.357 e. The van der Waals surface area contributed by atoms with Crippen molar-refractivity contribution < 1.29 is 0 Å². The molecule has 2 atom stereocenters. The van der Waals surface area contributed by atoms with E-state index in [-0.39, 0.29) is 0 Å². The summed E-state index contributed by atoms with van der Waals surface area (Å²) < 4.78 is 0. The topological polar surface area (TPSA) is 39.7 Å². The second-order valence-corrected chi connectivity index (χ2v) is 7.67. The minimum absolute atomic E-state index is 0.421. The molecule has 0 amide bonds. The van der Waals surface area contributed by atoms with Crippen LogP contribution in [0.1, 0.15) is 45.1 Å². The zero-order valence-corrected chi connectivity index (χ0v) is 15.9. The molecule has 1 saturated carbocycles.